The fourth-order valence-corrected chi connectivity index (χ4v) is 2.08. The van der Waals surface area contributed by atoms with Gasteiger partial charge in [-0.2, -0.15) is 5.10 Å². The van der Waals surface area contributed by atoms with Crippen molar-refractivity contribution in [1.82, 2.24) is 9.78 Å². The number of nitrogens with zero attached hydrogens (tertiary/aromatic N) is 2. The molecule has 1 aromatic carbocycles. The van der Waals surface area contributed by atoms with Gasteiger partial charge in [0.25, 0.3) is 0 Å². The molecule has 0 atom stereocenters. The Morgan fingerprint density at radius 3 is 2.86 bits per heavy atom. The first-order valence-corrected chi connectivity index (χ1v) is 6.68. The monoisotopic (exact) mass is 291 g/mol. The van der Waals surface area contributed by atoms with Gasteiger partial charge in [-0.25, -0.2) is 9.18 Å². The molecule has 0 saturated carbocycles. The molecular weight excluding hydrogens is 273 g/mol. The van der Waals surface area contributed by atoms with Gasteiger partial charge in [-0.3, -0.25) is 4.68 Å². The van der Waals surface area contributed by atoms with Crippen LogP contribution in [-0.4, -0.2) is 22.9 Å². The van der Waals surface area contributed by atoms with E-state index in [2.05, 4.69) is 15.2 Å². The number of ether oxygens (including phenoxy) is 1. The minimum atomic E-state index is -0.674. The Labute approximate surface area is 122 Å². The Morgan fingerprint density at radius 1 is 1.48 bits per heavy atom. The number of hydrogen-bond acceptors (Lipinski definition) is 4. The minimum absolute atomic E-state index is 0.0584. The molecule has 1 N–H and O–H groups in total. The van der Waals surface area contributed by atoms with Gasteiger partial charge in [0.2, 0.25) is 0 Å². The number of nitrogens with one attached hydrogen (secondary N) is 1. The fourth-order valence-electron chi connectivity index (χ4n) is 2.08. The quantitative estimate of drug-likeness (QED) is 0.860. The van der Waals surface area contributed by atoms with Crippen molar-refractivity contribution in [3.8, 4) is 0 Å². The number of aryl methyl sites for hydroxylation is 2. The number of halogens is 1. The molecule has 0 radical (unpaired) electrons. The second-order valence-corrected chi connectivity index (χ2v) is 4.68. The van der Waals surface area contributed by atoms with E-state index in [1.165, 1.54) is 19.2 Å². The van der Waals surface area contributed by atoms with Crippen LogP contribution in [-0.2, 0) is 24.8 Å². The van der Waals surface area contributed by atoms with E-state index in [0.29, 0.717) is 6.54 Å². The first-order valence-electron chi connectivity index (χ1n) is 6.68. The molecule has 0 saturated heterocycles. The van der Waals surface area contributed by atoms with Crippen molar-refractivity contribution in [1.29, 1.82) is 0 Å². The molecule has 2 rings (SSSR count). The number of benzene rings is 1. The van der Waals surface area contributed by atoms with Gasteiger partial charge in [0, 0.05) is 19.8 Å². The molecule has 0 aliphatic rings. The number of hydrogen-bond donors (Lipinski definition) is 1. The highest BCUT2D eigenvalue weighted by Crippen LogP contribution is 2.17. The van der Waals surface area contributed by atoms with Crippen LogP contribution in [0.3, 0.4) is 0 Å². The lowest BCUT2D eigenvalue weighted by atomic mass is 10.1. The second kappa shape index (κ2) is 6.39. The van der Waals surface area contributed by atoms with Crippen LogP contribution in [0.25, 0.3) is 0 Å². The highest BCUT2D eigenvalue weighted by molar-refractivity contribution is 5.89. The summed E-state index contributed by atoms with van der Waals surface area (Å²) in [7, 11) is 3.08. The predicted molar refractivity (Wildman–Crippen MR) is 77.7 cm³/mol. The zero-order chi connectivity index (χ0) is 15.4. The molecule has 0 amide bonds. The third kappa shape index (κ3) is 3.39. The van der Waals surface area contributed by atoms with Crippen molar-refractivity contribution < 1.29 is 13.9 Å². The Morgan fingerprint density at radius 2 is 2.24 bits per heavy atom. The van der Waals surface area contributed by atoms with Crippen molar-refractivity contribution in [2.24, 2.45) is 7.05 Å². The van der Waals surface area contributed by atoms with Crippen LogP contribution >= 0.6 is 0 Å². The maximum absolute atomic E-state index is 13.8. The number of anilines is 1. The van der Waals surface area contributed by atoms with Gasteiger partial charge in [-0.05, 0) is 24.1 Å². The summed E-state index contributed by atoms with van der Waals surface area (Å²) in [5.74, 6) is -1.25. The van der Waals surface area contributed by atoms with Gasteiger partial charge in [-0.15, -0.1) is 0 Å². The highest BCUT2D eigenvalue weighted by atomic mass is 19.1. The number of methoxy groups -OCH3 is 1. The van der Waals surface area contributed by atoms with E-state index in [0.717, 1.165) is 23.4 Å². The third-order valence-corrected chi connectivity index (χ3v) is 3.16. The van der Waals surface area contributed by atoms with Crippen LogP contribution < -0.4 is 5.32 Å². The maximum Gasteiger partial charge on any atom is 0.340 e. The minimum Gasteiger partial charge on any atom is -0.465 e. The molecule has 0 aliphatic heterocycles. The smallest absolute Gasteiger partial charge is 0.340 e. The van der Waals surface area contributed by atoms with Gasteiger partial charge in [0.15, 0.2) is 0 Å². The number of carbonyl (C=O) groups is 1. The van der Waals surface area contributed by atoms with Crippen LogP contribution in [0, 0.1) is 5.82 Å². The largest absolute Gasteiger partial charge is 0.465 e. The van der Waals surface area contributed by atoms with Crippen LogP contribution in [0.5, 0.6) is 0 Å². The van der Waals surface area contributed by atoms with Gasteiger partial charge >= 0.3 is 5.97 Å². The maximum atomic E-state index is 13.8. The molecule has 5 nitrogen and oxygen atoms in total. The van der Waals surface area contributed by atoms with Crippen molar-refractivity contribution in [3.63, 3.8) is 0 Å². The lowest BCUT2D eigenvalue weighted by Gasteiger charge is -2.07. The van der Waals surface area contributed by atoms with Crippen molar-refractivity contribution in [2.45, 2.75) is 19.9 Å². The number of carbonyl (C=O) groups excluding carboxylic acids is 1. The molecule has 1 heterocycles. The summed E-state index contributed by atoms with van der Waals surface area (Å²) in [6, 6.07) is 4.47. The Kier molecular flexibility index (Phi) is 4.57. The molecule has 21 heavy (non-hydrogen) atoms. The van der Waals surface area contributed by atoms with Gasteiger partial charge < -0.3 is 10.1 Å². The molecule has 112 valence electrons. The zero-order valence-corrected chi connectivity index (χ0v) is 12.3. The Balaban J connectivity index is 2.10. The third-order valence-electron chi connectivity index (χ3n) is 3.16. The molecule has 0 fully saturated rings. The van der Waals surface area contributed by atoms with E-state index < -0.39 is 11.8 Å². The van der Waals surface area contributed by atoms with E-state index >= 15 is 0 Å². The van der Waals surface area contributed by atoms with E-state index in [1.54, 1.807) is 10.7 Å². The SMILES string of the molecule is CCc1nn(C)cc1NCc1ccc(C(=O)OC)c(F)c1. The topological polar surface area (TPSA) is 56.2 Å². The number of rotatable bonds is 5. The average Bonchev–Trinajstić information content (AvgIpc) is 2.84. The van der Waals surface area contributed by atoms with Gasteiger partial charge in [0.05, 0.1) is 24.1 Å². The van der Waals surface area contributed by atoms with Crippen molar-refractivity contribution in [3.05, 3.63) is 47.0 Å². The summed E-state index contributed by atoms with van der Waals surface area (Å²) in [4.78, 5) is 11.3. The molecule has 0 bridgehead atoms. The summed E-state index contributed by atoms with van der Waals surface area (Å²) in [6.45, 7) is 2.48. The highest BCUT2D eigenvalue weighted by Gasteiger charge is 2.12. The molecule has 0 spiro atoms. The Bertz CT molecular complexity index is 652. The molecular formula is C15H18FN3O2. The van der Waals surface area contributed by atoms with Crippen LogP contribution in [0.1, 0.15) is 28.5 Å². The number of esters is 1. The molecule has 0 aliphatic carbocycles. The Hall–Kier alpha value is -2.37. The van der Waals surface area contributed by atoms with E-state index in [9.17, 15) is 9.18 Å². The summed E-state index contributed by atoms with van der Waals surface area (Å²) in [5, 5.41) is 7.55. The normalized spacial score (nSPS) is 10.5. The zero-order valence-electron chi connectivity index (χ0n) is 12.3. The van der Waals surface area contributed by atoms with Gasteiger partial charge in [0.1, 0.15) is 5.82 Å². The summed E-state index contributed by atoms with van der Waals surface area (Å²) in [6.07, 6.45) is 2.71. The predicted octanol–water partition coefficient (Wildman–Crippen LogP) is 2.52. The molecule has 1 aromatic heterocycles. The fraction of sp³-hybridized carbons (Fsp3) is 0.333. The van der Waals surface area contributed by atoms with E-state index in [4.69, 9.17) is 0 Å². The van der Waals surface area contributed by atoms with Crippen LogP contribution in [0.4, 0.5) is 10.1 Å². The first-order chi connectivity index (χ1) is 10.0. The van der Waals surface area contributed by atoms with Crippen LogP contribution in [0.2, 0.25) is 0 Å². The van der Waals surface area contributed by atoms with Gasteiger partial charge in [-0.1, -0.05) is 13.0 Å². The summed E-state index contributed by atoms with van der Waals surface area (Å²) >= 11 is 0. The lowest BCUT2D eigenvalue weighted by Crippen LogP contribution is -2.06. The first kappa shape index (κ1) is 15.0. The van der Waals surface area contributed by atoms with Crippen molar-refractivity contribution >= 4 is 11.7 Å². The molecule has 2 aromatic rings. The van der Waals surface area contributed by atoms with E-state index in [-0.39, 0.29) is 5.56 Å². The molecule has 0 unspecified atom stereocenters. The summed E-state index contributed by atoms with van der Waals surface area (Å²) < 4.78 is 20.1. The standard InChI is InChI=1S/C15H18FN3O2/c1-4-13-14(9-19(2)18-13)17-8-10-5-6-11(12(16)7-10)15(20)21-3/h5-7,9,17H,4,8H2,1-3H3. The van der Waals surface area contributed by atoms with Crippen molar-refractivity contribution in [2.75, 3.05) is 12.4 Å². The lowest BCUT2D eigenvalue weighted by molar-refractivity contribution is 0.0595. The average molecular weight is 291 g/mol. The molecule has 6 heteroatoms. The second-order valence-electron chi connectivity index (χ2n) is 4.68. The number of aromatic nitrogens is 2. The summed E-state index contributed by atoms with van der Waals surface area (Å²) in [5.41, 5.74) is 2.57. The van der Waals surface area contributed by atoms with Crippen LogP contribution in [0.15, 0.2) is 24.4 Å². The van der Waals surface area contributed by atoms with E-state index in [1.807, 2.05) is 20.2 Å².